The van der Waals surface area contributed by atoms with E-state index in [0.717, 1.165) is 38.8 Å². The van der Waals surface area contributed by atoms with E-state index in [-0.39, 0.29) is 17.5 Å². The van der Waals surface area contributed by atoms with Crippen molar-refractivity contribution in [2.45, 2.75) is 52.5 Å². The van der Waals surface area contributed by atoms with E-state index in [9.17, 15) is 4.79 Å². The van der Waals surface area contributed by atoms with Gasteiger partial charge in [-0.1, -0.05) is 99.1 Å². The molecule has 6 aromatic rings. The highest BCUT2D eigenvalue weighted by molar-refractivity contribution is 6.06. The van der Waals surface area contributed by atoms with Crippen molar-refractivity contribution < 1.29 is 9.53 Å². The van der Waals surface area contributed by atoms with Crippen molar-refractivity contribution >= 4 is 34.3 Å². The van der Waals surface area contributed by atoms with Crippen LogP contribution in [0.3, 0.4) is 0 Å². The summed E-state index contributed by atoms with van der Waals surface area (Å²) in [6, 6.07) is 33.7. The van der Waals surface area contributed by atoms with E-state index >= 15 is 0 Å². The summed E-state index contributed by atoms with van der Waals surface area (Å²) in [6.45, 7) is 10.9. The molecule has 2 heterocycles. The van der Waals surface area contributed by atoms with Crippen LogP contribution < -0.4 is 20.7 Å². The average molecular weight is 640 g/mol. The van der Waals surface area contributed by atoms with Crippen LogP contribution in [0.25, 0.3) is 16.5 Å². The third-order valence-electron chi connectivity index (χ3n) is 8.16. The van der Waals surface area contributed by atoms with Gasteiger partial charge in [0.1, 0.15) is 5.82 Å². The van der Waals surface area contributed by atoms with Crippen LogP contribution >= 0.6 is 0 Å². The van der Waals surface area contributed by atoms with E-state index in [1.807, 2.05) is 85.8 Å². The number of nitrogens with one attached hydrogen (secondary N) is 3. The van der Waals surface area contributed by atoms with Gasteiger partial charge in [-0.15, -0.1) is 0 Å². The second-order valence-corrected chi connectivity index (χ2v) is 12.9. The lowest BCUT2D eigenvalue weighted by Crippen LogP contribution is -2.21. The molecular formula is C39H41N7O2. The summed E-state index contributed by atoms with van der Waals surface area (Å²) in [5.74, 6) is 1.61. The summed E-state index contributed by atoms with van der Waals surface area (Å²) in [5, 5.41) is 16.3. The Hall–Kier alpha value is -5.70. The van der Waals surface area contributed by atoms with Crippen molar-refractivity contribution in [1.29, 1.82) is 0 Å². The Labute approximate surface area is 281 Å². The summed E-state index contributed by atoms with van der Waals surface area (Å²) < 4.78 is 7.83. The maximum Gasteiger partial charge on any atom is 0.324 e. The first-order valence-corrected chi connectivity index (χ1v) is 16.2. The standard InChI is InChI=1S/C39H41N7O2/c1-26-15-18-30(19-16-26)46-35(25-34(45-46)39(3,4)5)43-38(47)42-33-20-17-29(31-13-9-10-14-32(31)33)22-24-48-36-21-23-40-37(44-36)41-27(2)28-11-7-6-8-12-28/h6-21,23,25,27H,22,24H2,1-5H3,(H,40,41,44)(H2,42,43,47). The Bertz CT molecular complexity index is 2020. The molecule has 3 N–H and O–H groups in total. The smallest absolute Gasteiger partial charge is 0.324 e. The molecule has 0 radical (unpaired) electrons. The average Bonchev–Trinajstić information content (AvgIpc) is 3.51. The molecule has 0 aliphatic heterocycles. The zero-order valence-electron chi connectivity index (χ0n) is 28.0. The Balaban J connectivity index is 1.13. The SMILES string of the molecule is Cc1ccc(-n2nc(C(C)(C)C)cc2NC(=O)Nc2ccc(CCOc3ccnc(NC(C)c4ccccc4)n3)c3ccccc23)cc1. The van der Waals surface area contributed by atoms with Crippen LogP contribution in [0.1, 0.15) is 56.1 Å². The number of carbonyl (C=O) groups excluding carboxylic acids is 1. The van der Waals surface area contributed by atoms with Crippen LogP contribution in [0.5, 0.6) is 5.88 Å². The number of hydrogen-bond acceptors (Lipinski definition) is 6. The molecule has 9 heteroatoms. The van der Waals surface area contributed by atoms with Crippen LogP contribution in [-0.4, -0.2) is 32.4 Å². The van der Waals surface area contributed by atoms with Crippen LogP contribution in [0, 0.1) is 6.92 Å². The molecule has 2 aromatic heterocycles. The Morgan fingerprint density at radius 2 is 1.60 bits per heavy atom. The summed E-state index contributed by atoms with van der Waals surface area (Å²) in [5.41, 5.74) is 5.69. The topological polar surface area (TPSA) is 106 Å². The van der Waals surface area contributed by atoms with Gasteiger partial charge in [-0.05, 0) is 48.6 Å². The highest BCUT2D eigenvalue weighted by Gasteiger charge is 2.22. The molecule has 0 saturated carbocycles. The van der Waals surface area contributed by atoms with E-state index in [2.05, 4.69) is 71.8 Å². The molecule has 4 aromatic carbocycles. The molecule has 9 nitrogen and oxygen atoms in total. The summed E-state index contributed by atoms with van der Waals surface area (Å²) in [7, 11) is 0. The maximum absolute atomic E-state index is 13.4. The minimum Gasteiger partial charge on any atom is -0.477 e. The first-order chi connectivity index (χ1) is 23.1. The monoisotopic (exact) mass is 639 g/mol. The normalized spacial score (nSPS) is 12.0. The van der Waals surface area contributed by atoms with Gasteiger partial charge in [0, 0.05) is 35.6 Å². The summed E-state index contributed by atoms with van der Waals surface area (Å²) >= 11 is 0. The number of anilines is 3. The molecule has 0 saturated heterocycles. The maximum atomic E-state index is 13.4. The van der Waals surface area contributed by atoms with Gasteiger partial charge in [0.2, 0.25) is 11.8 Å². The van der Waals surface area contributed by atoms with Crippen molar-refractivity contribution in [3.05, 3.63) is 132 Å². The molecule has 2 amide bonds. The molecule has 48 heavy (non-hydrogen) atoms. The number of aryl methyl sites for hydroxylation is 1. The highest BCUT2D eigenvalue weighted by atomic mass is 16.5. The van der Waals surface area contributed by atoms with E-state index < -0.39 is 0 Å². The minimum atomic E-state index is -0.347. The largest absolute Gasteiger partial charge is 0.477 e. The van der Waals surface area contributed by atoms with Crippen LogP contribution in [0.2, 0.25) is 0 Å². The van der Waals surface area contributed by atoms with E-state index in [0.29, 0.717) is 36.4 Å². The molecule has 0 aliphatic rings. The van der Waals surface area contributed by atoms with Crippen molar-refractivity contribution in [3.8, 4) is 11.6 Å². The van der Waals surface area contributed by atoms with Gasteiger partial charge in [-0.25, -0.2) is 14.5 Å². The number of rotatable bonds is 10. The number of nitrogens with zero attached hydrogens (tertiary/aromatic N) is 4. The number of hydrogen-bond donors (Lipinski definition) is 3. The van der Waals surface area contributed by atoms with Crippen LogP contribution in [-0.2, 0) is 11.8 Å². The van der Waals surface area contributed by atoms with Gasteiger partial charge in [0.25, 0.3) is 0 Å². The van der Waals surface area contributed by atoms with Crippen molar-refractivity contribution in [1.82, 2.24) is 19.7 Å². The molecule has 0 fully saturated rings. The van der Waals surface area contributed by atoms with Gasteiger partial charge >= 0.3 is 6.03 Å². The molecule has 1 atom stereocenters. The number of carbonyl (C=O) groups is 1. The third-order valence-corrected chi connectivity index (χ3v) is 8.16. The van der Waals surface area contributed by atoms with Gasteiger partial charge < -0.3 is 15.4 Å². The second kappa shape index (κ2) is 14.0. The highest BCUT2D eigenvalue weighted by Crippen LogP contribution is 2.29. The van der Waals surface area contributed by atoms with Crippen molar-refractivity contribution in [2.75, 3.05) is 22.6 Å². The molecular weight excluding hydrogens is 598 g/mol. The number of ether oxygens (including phenoxy) is 1. The fraction of sp³-hybridized carbons (Fsp3) is 0.231. The number of benzene rings is 4. The number of amides is 2. The van der Waals surface area contributed by atoms with E-state index in [1.54, 1.807) is 16.9 Å². The molecule has 1 unspecified atom stereocenters. The fourth-order valence-electron chi connectivity index (χ4n) is 5.45. The molecule has 0 aliphatic carbocycles. The quantitative estimate of drug-likeness (QED) is 0.138. The third kappa shape index (κ3) is 7.63. The lowest BCUT2D eigenvalue weighted by molar-refractivity contribution is 0.262. The van der Waals surface area contributed by atoms with Gasteiger partial charge in [-0.3, -0.25) is 5.32 Å². The zero-order valence-corrected chi connectivity index (χ0v) is 28.0. The second-order valence-electron chi connectivity index (χ2n) is 12.9. The number of aromatic nitrogens is 4. The Kier molecular flexibility index (Phi) is 9.38. The zero-order chi connectivity index (χ0) is 33.7. The first-order valence-electron chi connectivity index (χ1n) is 16.2. The first kappa shape index (κ1) is 32.2. The number of fused-ring (bicyclic) bond motifs is 1. The number of urea groups is 1. The Morgan fingerprint density at radius 3 is 2.35 bits per heavy atom. The van der Waals surface area contributed by atoms with Crippen molar-refractivity contribution in [2.24, 2.45) is 0 Å². The van der Waals surface area contributed by atoms with Crippen LogP contribution in [0.15, 0.2) is 109 Å². The molecule has 0 bridgehead atoms. The van der Waals surface area contributed by atoms with E-state index in [4.69, 9.17) is 9.84 Å². The summed E-state index contributed by atoms with van der Waals surface area (Å²) in [4.78, 5) is 22.3. The summed E-state index contributed by atoms with van der Waals surface area (Å²) in [6.07, 6.45) is 2.35. The van der Waals surface area contributed by atoms with Crippen molar-refractivity contribution in [3.63, 3.8) is 0 Å². The Morgan fingerprint density at radius 1 is 0.875 bits per heavy atom. The predicted octanol–water partition coefficient (Wildman–Crippen LogP) is 8.86. The van der Waals surface area contributed by atoms with Gasteiger partial charge in [0.15, 0.2) is 0 Å². The lowest BCUT2D eigenvalue weighted by atomic mass is 9.92. The van der Waals surface area contributed by atoms with E-state index in [1.165, 1.54) is 0 Å². The molecule has 6 rings (SSSR count). The van der Waals surface area contributed by atoms with Gasteiger partial charge in [0.05, 0.1) is 29.7 Å². The fourth-order valence-corrected chi connectivity index (χ4v) is 5.45. The molecule has 244 valence electrons. The van der Waals surface area contributed by atoms with Crippen LogP contribution in [0.4, 0.5) is 22.2 Å². The van der Waals surface area contributed by atoms with Gasteiger partial charge in [-0.2, -0.15) is 10.1 Å². The lowest BCUT2D eigenvalue weighted by Gasteiger charge is -2.15. The minimum absolute atomic E-state index is 0.0540. The predicted molar refractivity (Wildman–Crippen MR) is 193 cm³/mol. The molecule has 0 spiro atoms.